The molecule has 9 nitrogen and oxygen atoms in total. The van der Waals surface area contributed by atoms with Gasteiger partial charge in [-0.2, -0.15) is 26.3 Å². The summed E-state index contributed by atoms with van der Waals surface area (Å²) in [6, 6.07) is 3.43. The molecule has 2 aliphatic rings. The van der Waals surface area contributed by atoms with Crippen LogP contribution in [0.5, 0.6) is 5.75 Å². The summed E-state index contributed by atoms with van der Waals surface area (Å²) in [5.74, 6) is -2.16. The molecule has 4 amide bonds. The fourth-order valence-electron chi connectivity index (χ4n) is 4.36. The van der Waals surface area contributed by atoms with Crippen LogP contribution in [0.1, 0.15) is 11.1 Å². The Morgan fingerprint density at radius 3 is 2.22 bits per heavy atom. The number of carbonyl (C=O) groups excluding carboxylic acids is 3. The first-order valence-electron chi connectivity index (χ1n) is 12.3. The van der Waals surface area contributed by atoms with Gasteiger partial charge in [0.1, 0.15) is 11.4 Å². The predicted octanol–water partition coefficient (Wildman–Crippen LogP) is 4.17. The van der Waals surface area contributed by atoms with Gasteiger partial charge >= 0.3 is 24.5 Å². The van der Waals surface area contributed by atoms with Crippen LogP contribution >= 0.6 is 0 Å². The molecule has 0 saturated carbocycles. The summed E-state index contributed by atoms with van der Waals surface area (Å²) >= 11 is 0. The summed E-state index contributed by atoms with van der Waals surface area (Å²) in [6.45, 7) is 0.706. The van der Waals surface area contributed by atoms with E-state index in [1.807, 2.05) is 0 Å². The summed E-state index contributed by atoms with van der Waals surface area (Å²) in [6.07, 6.45) is -12.1. The van der Waals surface area contributed by atoms with E-state index >= 15 is 0 Å². The molecule has 2 aliphatic heterocycles. The molecule has 2 aromatic carbocycles. The Hall–Kier alpha value is -4.08. The number of carbonyl (C=O) groups is 3. The minimum Gasteiger partial charge on any atom is -0.407 e. The lowest BCUT2D eigenvalue weighted by Gasteiger charge is -2.29. The van der Waals surface area contributed by atoms with Gasteiger partial charge in [-0.05, 0) is 36.4 Å². The summed E-state index contributed by atoms with van der Waals surface area (Å²) in [5, 5.41) is 2.88. The van der Waals surface area contributed by atoms with Crippen LogP contribution in [-0.4, -0.2) is 80.7 Å². The molecule has 222 valence electrons. The molecule has 0 atom stereocenters. The van der Waals surface area contributed by atoms with E-state index in [-0.39, 0.29) is 50.4 Å². The Balaban J connectivity index is 1.69. The number of hydrogen-bond acceptors (Lipinski definition) is 5. The molecule has 16 heteroatoms. The van der Waals surface area contributed by atoms with Gasteiger partial charge in [-0.1, -0.05) is 0 Å². The number of rotatable bonds is 6. The highest BCUT2D eigenvalue weighted by Crippen LogP contribution is 2.47. The van der Waals surface area contributed by atoms with E-state index in [1.165, 1.54) is 9.80 Å². The number of urea groups is 1. The number of benzene rings is 2. The number of anilines is 2. The second kappa shape index (κ2) is 11.4. The van der Waals surface area contributed by atoms with Crippen LogP contribution < -0.4 is 19.9 Å². The van der Waals surface area contributed by atoms with Gasteiger partial charge in [0, 0.05) is 52.0 Å². The molecule has 2 aromatic rings. The topological polar surface area (TPSA) is 85.4 Å². The smallest absolute Gasteiger partial charge is 0.407 e. The molecule has 4 rings (SSSR count). The van der Waals surface area contributed by atoms with E-state index in [9.17, 15) is 45.1 Å². The van der Waals surface area contributed by atoms with Crippen LogP contribution in [0, 0.1) is 5.82 Å². The van der Waals surface area contributed by atoms with Gasteiger partial charge in [0.05, 0.1) is 17.8 Å². The zero-order valence-corrected chi connectivity index (χ0v) is 21.5. The van der Waals surface area contributed by atoms with E-state index in [1.54, 1.807) is 0 Å². The van der Waals surface area contributed by atoms with Crippen molar-refractivity contribution in [3.05, 3.63) is 53.3 Å². The Labute approximate surface area is 229 Å². The van der Waals surface area contributed by atoms with Crippen molar-refractivity contribution in [3.63, 3.8) is 0 Å². The molecule has 0 bridgehead atoms. The van der Waals surface area contributed by atoms with Gasteiger partial charge < -0.3 is 19.9 Å². The summed E-state index contributed by atoms with van der Waals surface area (Å²) < 4.78 is 101. The molecule has 41 heavy (non-hydrogen) atoms. The number of ether oxygens (including phenoxy) is 1. The summed E-state index contributed by atoms with van der Waals surface area (Å²) in [7, 11) is 1.10. The summed E-state index contributed by atoms with van der Waals surface area (Å²) in [4.78, 5) is 42.1. The maximum Gasteiger partial charge on any atom is 0.420 e. The van der Waals surface area contributed by atoms with Crippen molar-refractivity contribution in [2.75, 3.05) is 62.7 Å². The number of nitrogens with zero attached hydrogens (tertiary/aromatic N) is 4. The molecule has 2 saturated heterocycles. The molecule has 0 radical (unpaired) electrons. The molecule has 1 N–H and O–H groups in total. The maximum absolute atomic E-state index is 14.1. The minimum atomic E-state index is -5.41. The first-order valence-corrected chi connectivity index (χ1v) is 12.3. The van der Waals surface area contributed by atoms with Crippen LogP contribution in [0.2, 0.25) is 0 Å². The van der Waals surface area contributed by atoms with Crippen LogP contribution in [0.25, 0.3) is 0 Å². The van der Waals surface area contributed by atoms with Crippen molar-refractivity contribution in [3.8, 4) is 5.75 Å². The number of alkyl halides is 6. The van der Waals surface area contributed by atoms with Gasteiger partial charge in [-0.15, -0.1) is 0 Å². The number of hydrogen-bond donors (Lipinski definition) is 1. The van der Waals surface area contributed by atoms with Gasteiger partial charge in [0.15, 0.2) is 5.75 Å². The van der Waals surface area contributed by atoms with E-state index in [2.05, 4.69) is 5.32 Å². The molecule has 0 unspecified atom stereocenters. The lowest BCUT2D eigenvalue weighted by atomic mass is 10.1. The van der Waals surface area contributed by atoms with Crippen molar-refractivity contribution in [1.29, 1.82) is 0 Å². The first kappa shape index (κ1) is 29.9. The van der Waals surface area contributed by atoms with Crippen LogP contribution in [0.15, 0.2) is 36.4 Å². The van der Waals surface area contributed by atoms with Crippen LogP contribution in [0.4, 0.5) is 51.7 Å². The highest BCUT2D eigenvalue weighted by atomic mass is 19.4. The van der Waals surface area contributed by atoms with Crippen LogP contribution in [0.3, 0.4) is 0 Å². The van der Waals surface area contributed by atoms with Crippen molar-refractivity contribution in [2.24, 2.45) is 0 Å². The summed E-state index contributed by atoms with van der Waals surface area (Å²) in [5.41, 5.74) is -4.51. The fraction of sp³-hybridized carbons (Fsp3) is 0.400. The molecular weight excluding hydrogens is 567 g/mol. The molecule has 0 aliphatic carbocycles. The second-order valence-corrected chi connectivity index (χ2v) is 9.25. The standard InChI is InChI=1S/C25H24F7N5O4/c1-34(17-4-2-16(26)3-5-17)23(40)41-21-18(25(30,31)32)12-15(24(27,28)29)13-19(21)37-11-10-36(22(37)39)9-8-35-7-6-33-14-20(35)38/h2-5,12-13,33H,6-11,14H2,1H3. The number of nitrogens with one attached hydrogen (secondary N) is 1. The quantitative estimate of drug-likeness (QED) is 0.510. The highest BCUT2D eigenvalue weighted by molar-refractivity contribution is 5.97. The predicted molar refractivity (Wildman–Crippen MR) is 131 cm³/mol. The highest BCUT2D eigenvalue weighted by Gasteiger charge is 2.44. The van der Waals surface area contributed by atoms with Gasteiger partial charge in [-0.25, -0.2) is 14.0 Å². The normalized spacial score (nSPS) is 16.4. The number of halogens is 7. The van der Waals surface area contributed by atoms with Crippen molar-refractivity contribution in [2.45, 2.75) is 12.4 Å². The molecular formula is C25H24F7N5O4. The largest absolute Gasteiger partial charge is 0.420 e. The van der Waals surface area contributed by atoms with Crippen LogP contribution in [-0.2, 0) is 17.1 Å². The fourth-order valence-corrected chi connectivity index (χ4v) is 4.36. The molecule has 0 aromatic heterocycles. The average Bonchev–Trinajstić information content (AvgIpc) is 3.26. The third-order valence-corrected chi connectivity index (χ3v) is 6.59. The Morgan fingerprint density at radius 1 is 0.951 bits per heavy atom. The van der Waals surface area contributed by atoms with Crippen molar-refractivity contribution < 1.29 is 49.9 Å². The third kappa shape index (κ3) is 6.64. The monoisotopic (exact) mass is 591 g/mol. The Morgan fingerprint density at radius 2 is 1.61 bits per heavy atom. The Kier molecular flexibility index (Phi) is 8.33. The number of amides is 4. The zero-order valence-electron chi connectivity index (χ0n) is 21.5. The van der Waals surface area contributed by atoms with Gasteiger partial charge in [0.2, 0.25) is 5.91 Å². The third-order valence-electron chi connectivity index (χ3n) is 6.59. The van der Waals surface area contributed by atoms with Gasteiger partial charge in [0.25, 0.3) is 0 Å². The molecule has 2 heterocycles. The van der Waals surface area contributed by atoms with Gasteiger partial charge in [-0.3, -0.25) is 14.6 Å². The zero-order chi connectivity index (χ0) is 30.1. The second-order valence-electron chi connectivity index (χ2n) is 9.25. The lowest BCUT2D eigenvalue weighted by molar-refractivity contribution is -0.143. The van der Waals surface area contributed by atoms with E-state index < -0.39 is 52.9 Å². The average molecular weight is 591 g/mol. The van der Waals surface area contributed by atoms with E-state index in [0.29, 0.717) is 24.1 Å². The molecule has 2 fully saturated rings. The van der Waals surface area contributed by atoms with E-state index in [0.717, 1.165) is 36.2 Å². The Bertz CT molecular complexity index is 1320. The van der Waals surface area contributed by atoms with Crippen molar-refractivity contribution in [1.82, 2.24) is 15.1 Å². The SMILES string of the molecule is CN(C(=O)Oc1c(N2CCN(CCN3CCNCC3=O)C2=O)cc(C(F)(F)F)cc1C(F)(F)F)c1ccc(F)cc1. The number of piperazine rings is 1. The molecule has 0 spiro atoms. The maximum atomic E-state index is 14.1. The minimum absolute atomic E-state index is 0.0179. The first-order chi connectivity index (χ1) is 19.2. The van der Waals surface area contributed by atoms with Crippen molar-refractivity contribution >= 4 is 29.4 Å². The van der Waals surface area contributed by atoms with E-state index in [4.69, 9.17) is 4.74 Å². The lowest BCUT2D eigenvalue weighted by Crippen LogP contribution is -2.50.